The van der Waals surface area contributed by atoms with Crippen LogP contribution in [0.25, 0.3) is 0 Å². The van der Waals surface area contributed by atoms with E-state index in [1.807, 2.05) is 0 Å². The Morgan fingerprint density at radius 2 is 1.12 bits per heavy atom. The van der Waals surface area contributed by atoms with Gasteiger partial charge in [-0.3, -0.25) is 0 Å². The lowest BCUT2D eigenvalue weighted by Gasteiger charge is -2.20. The van der Waals surface area contributed by atoms with Crippen molar-refractivity contribution in [1.29, 1.82) is 0 Å². The van der Waals surface area contributed by atoms with Crippen LogP contribution in [-0.2, 0) is 0 Å². The molecule has 0 atom stereocenters. The molecule has 0 heterocycles. The molecule has 8 heavy (non-hydrogen) atoms. The average molecular weight is 152 g/mol. The molecular weight excluding hydrogens is 136 g/mol. The van der Waals surface area contributed by atoms with Crippen molar-refractivity contribution in [3.8, 4) is 0 Å². The van der Waals surface area contributed by atoms with Crippen LogP contribution in [0.15, 0.2) is 0 Å². The van der Waals surface area contributed by atoms with Crippen LogP contribution in [0.2, 0.25) is 18.1 Å². The van der Waals surface area contributed by atoms with E-state index in [1.165, 1.54) is 0 Å². The van der Waals surface area contributed by atoms with Gasteiger partial charge in [0.15, 0.2) is 0 Å². The highest BCUT2D eigenvalue weighted by atomic mass is 35.5. The van der Waals surface area contributed by atoms with Crippen LogP contribution in [0.3, 0.4) is 0 Å². The zero-order valence-corrected chi connectivity index (χ0v) is 8.22. The summed E-state index contributed by atoms with van der Waals surface area (Å²) in [7, 11) is -0.0502. The van der Waals surface area contributed by atoms with Crippen LogP contribution in [0.5, 0.6) is 0 Å². The Balaban J connectivity index is 0. The molecule has 0 aromatic carbocycles. The second-order valence-electron chi connectivity index (χ2n) is 3.25. The summed E-state index contributed by atoms with van der Waals surface area (Å²) in [5.41, 5.74) is 0. The van der Waals surface area contributed by atoms with Gasteiger partial charge in [0.05, 0.1) is 0 Å². The highest BCUT2D eigenvalue weighted by molar-refractivity contribution is 6.59. The summed E-state index contributed by atoms with van der Waals surface area (Å²) in [6.07, 6.45) is 0. The van der Waals surface area contributed by atoms with E-state index in [1.54, 1.807) is 0 Å². The molecular formula is C6H16ClSi. The van der Waals surface area contributed by atoms with Gasteiger partial charge >= 0.3 is 0 Å². The maximum Gasteiger partial charge on any atom is 0.0470 e. The van der Waals surface area contributed by atoms with Crippen LogP contribution >= 0.6 is 12.4 Å². The van der Waals surface area contributed by atoms with Gasteiger partial charge in [-0.05, 0) is 5.04 Å². The highest BCUT2D eigenvalue weighted by Gasteiger charge is 2.15. The fourth-order valence-electron chi connectivity index (χ4n) is 0. The maximum atomic E-state index is 2.35. The van der Waals surface area contributed by atoms with Gasteiger partial charge in [-0.15, -0.1) is 12.4 Å². The third kappa shape index (κ3) is 4.66. The van der Waals surface area contributed by atoms with E-state index in [4.69, 9.17) is 0 Å². The Bertz CT molecular complexity index is 54.0. The van der Waals surface area contributed by atoms with Gasteiger partial charge in [0.1, 0.15) is 0 Å². The Labute approximate surface area is 60.7 Å². The predicted molar refractivity (Wildman–Crippen MR) is 44.4 cm³/mol. The third-order valence-corrected chi connectivity index (χ3v) is 4.50. The highest BCUT2D eigenvalue weighted by Crippen LogP contribution is 2.25. The fraction of sp³-hybridized carbons (Fsp3) is 1.00. The van der Waals surface area contributed by atoms with Crippen molar-refractivity contribution in [2.45, 2.75) is 38.9 Å². The molecule has 0 fully saturated rings. The standard InChI is InChI=1S/C6H15Si.ClH/c1-6(2,3)7(4)5;/h1-5H3;1H. The van der Waals surface area contributed by atoms with Crippen LogP contribution < -0.4 is 0 Å². The van der Waals surface area contributed by atoms with E-state index >= 15 is 0 Å². The molecule has 0 N–H and O–H groups in total. The van der Waals surface area contributed by atoms with Gasteiger partial charge in [-0.2, -0.15) is 0 Å². The SMILES string of the molecule is C[Si](C)C(C)(C)C.Cl. The van der Waals surface area contributed by atoms with E-state index in [0.717, 1.165) is 0 Å². The summed E-state index contributed by atoms with van der Waals surface area (Å²) >= 11 is 0. The molecule has 0 unspecified atom stereocenters. The van der Waals surface area contributed by atoms with E-state index in [0.29, 0.717) is 5.04 Å². The largest absolute Gasteiger partial charge is 0.147 e. The predicted octanol–water partition coefficient (Wildman–Crippen LogP) is 2.96. The van der Waals surface area contributed by atoms with Crippen molar-refractivity contribution in [3.63, 3.8) is 0 Å². The van der Waals surface area contributed by atoms with Crippen LogP contribution in [0.4, 0.5) is 0 Å². The van der Waals surface area contributed by atoms with Crippen LogP contribution in [0.1, 0.15) is 20.8 Å². The summed E-state index contributed by atoms with van der Waals surface area (Å²) in [6, 6.07) is 0. The zero-order valence-electron chi connectivity index (χ0n) is 6.41. The third-order valence-electron chi connectivity index (χ3n) is 1.50. The quantitative estimate of drug-likeness (QED) is 0.467. The first-order valence-electron chi connectivity index (χ1n) is 2.75. The first kappa shape index (κ1) is 11.3. The van der Waals surface area contributed by atoms with Gasteiger partial charge in [-0.1, -0.05) is 33.9 Å². The molecule has 0 nitrogen and oxygen atoms in total. The Hall–Kier alpha value is 0.507. The normalized spacial score (nSPS) is 11.2. The molecule has 0 aromatic rings. The average Bonchev–Trinajstić information content (AvgIpc) is 1.31. The second-order valence-corrected chi connectivity index (χ2v) is 6.75. The van der Waals surface area contributed by atoms with Crippen molar-refractivity contribution in [2.24, 2.45) is 0 Å². The molecule has 0 aromatic heterocycles. The van der Waals surface area contributed by atoms with Crippen molar-refractivity contribution >= 4 is 21.2 Å². The molecule has 0 aliphatic heterocycles. The van der Waals surface area contributed by atoms with E-state index in [2.05, 4.69) is 33.9 Å². The van der Waals surface area contributed by atoms with Crippen molar-refractivity contribution in [2.75, 3.05) is 0 Å². The number of hydrogen-bond acceptors (Lipinski definition) is 0. The lowest BCUT2D eigenvalue weighted by atomic mass is 10.2. The van der Waals surface area contributed by atoms with Gasteiger partial charge < -0.3 is 0 Å². The molecule has 0 saturated carbocycles. The van der Waals surface area contributed by atoms with Crippen molar-refractivity contribution in [3.05, 3.63) is 0 Å². The Kier molecular flexibility index (Phi) is 4.98. The summed E-state index contributed by atoms with van der Waals surface area (Å²) < 4.78 is 0. The molecule has 0 aliphatic carbocycles. The summed E-state index contributed by atoms with van der Waals surface area (Å²) in [5.74, 6) is 0. The van der Waals surface area contributed by atoms with Crippen LogP contribution in [-0.4, -0.2) is 8.80 Å². The molecule has 0 amide bonds. The molecule has 1 radical (unpaired) electrons. The second kappa shape index (κ2) is 3.52. The summed E-state index contributed by atoms with van der Waals surface area (Å²) in [5, 5.41) is 0.602. The molecule has 0 spiro atoms. The molecule has 0 saturated heterocycles. The number of hydrogen-bond donors (Lipinski definition) is 0. The molecule has 51 valence electrons. The minimum atomic E-state index is -0.0502. The lowest BCUT2D eigenvalue weighted by molar-refractivity contribution is 0.742. The summed E-state index contributed by atoms with van der Waals surface area (Å²) in [4.78, 5) is 0. The monoisotopic (exact) mass is 151 g/mol. The topological polar surface area (TPSA) is 0 Å². The summed E-state index contributed by atoms with van der Waals surface area (Å²) in [6.45, 7) is 11.6. The maximum absolute atomic E-state index is 2.35. The lowest BCUT2D eigenvalue weighted by Crippen LogP contribution is -2.16. The number of halogens is 1. The molecule has 0 bridgehead atoms. The zero-order chi connectivity index (χ0) is 6.08. The fourth-order valence-corrected chi connectivity index (χ4v) is 0. The van der Waals surface area contributed by atoms with E-state index < -0.39 is 0 Å². The first-order chi connectivity index (χ1) is 2.94. The van der Waals surface area contributed by atoms with Crippen molar-refractivity contribution in [1.82, 2.24) is 0 Å². The van der Waals surface area contributed by atoms with Gasteiger partial charge in [0, 0.05) is 8.80 Å². The van der Waals surface area contributed by atoms with Gasteiger partial charge in [0.2, 0.25) is 0 Å². The smallest absolute Gasteiger partial charge is 0.0470 e. The minimum absolute atomic E-state index is 0. The van der Waals surface area contributed by atoms with Crippen LogP contribution in [0, 0.1) is 0 Å². The molecule has 0 rings (SSSR count). The van der Waals surface area contributed by atoms with Crippen molar-refractivity contribution < 1.29 is 0 Å². The van der Waals surface area contributed by atoms with Gasteiger partial charge in [-0.25, -0.2) is 0 Å². The number of rotatable bonds is 0. The van der Waals surface area contributed by atoms with E-state index in [9.17, 15) is 0 Å². The first-order valence-corrected chi connectivity index (χ1v) is 5.25. The Morgan fingerprint density at radius 3 is 1.12 bits per heavy atom. The molecule has 2 heteroatoms. The van der Waals surface area contributed by atoms with Gasteiger partial charge in [0.25, 0.3) is 0 Å². The Morgan fingerprint density at radius 1 is 1.00 bits per heavy atom. The minimum Gasteiger partial charge on any atom is -0.147 e. The van der Waals surface area contributed by atoms with E-state index in [-0.39, 0.29) is 21.2 Å². The molecule has 0 aliphatic rings.